The number of aryl methyl sites for hydroxylation is 1. The van der Waals surface area contributed by atoms with E-state index in [1.165, 1.54) is 0 Å². The fourth-order valence-corrected chi connectivity index (χ4v) is 0.638. The first-order chi connectivity index (χ1) is 4.34. The molecule has 0 atom stereocenters. The third-order valence-corrected chi connectivity index (χ3v) is 1.16. The molecule has 1 aromatic heterocycles. The first-order valence-corrected chi connectivity index (χ1v) is 2.67. The summed E-state index contributed by atoms with van der Waals surface area (Å²) in [6.07, 6.45) is 3.91. The van der Waals surface area contributed by atoms with Crippen molar-refractivity contribution in [3.8, 4) is 6.07 Å². The minimum absolute atomic E-state index is 0. The van der Waals surface area contributed by atoms with E-state index in [-0.39, 0.29) is 17.0 Å². The summed E-state index contributed by atoms with van der Waals surface area (Å²) in [5.41, 5.74) is 0. The second kappa shape index (κ2) is 4.07. The van der Waals surface area contributed by atoms with Gasteiger partial charge in [0.1, 0.15) is 5.82 Å². The standard InChI is InChI=1S/C6H7N3.BrH/c1-9-5-4-8-6(9)2-3-7;/h4-5H,2H2,1H3;1H. The van der Waals surface area contributed by atoms with Gasteiger partial charge in [0, 0.05) is 19.4 Å². The van der Waals surface area contributed by atoms with Crippen molar-refractivity contribution in [2.75, 3.05) is 0 Å². The first-order valence-electron chi connectivity index (χ1n) is 2.67. The molecule has 0 fully saturated rings. The lowest BCUT2D eigenvalue weighted by atomic mass is 10.4. The van der Waals surface area contributed by atoms with Crippen molar-refractivity contribution >= 4 is 17.0 Å². The smallest absolute Gasteiger partial charge is 0.122 e. The molecule has 3 nitrogen and oxygen atoms in total. The van der Waals surface area contributed by atoms with Gasteiger partial charge in [-0.05, 0) is 0 Å². The fourth-order valence-electron chi connectivity index (χ4n) is 0.638. The average molecular weight is 202 g/mol. The number of imidazole rings is 1. The summed E-state index contributed by atoms with van der Waals surface area (Å²) in [6, 6.07) is 2.03. The Morgan fingerprint density at radius 1 is 1.80 bits per heavy atom. The lowest BCUT2D eigenvalue weighted by Crippen LogP contribution is -1.94. The van der Waals surface area contributed by atoms with Crippen molar-refractivity contribution in [1.82, 2.24) is 9.55 Å². The van der Waals surface area contributed by atoms with Gasteiger partial charge in [0.15, 0.2) is 0 Å². The van der Waals surface area contributed by atoms with Gasteiger partial charge in [-0.25, -0.2) is 4.98 Å². The summed E-state index contributed by atoms with van der Waals surface area (Å²) < 4.78 is 1.84. The van der Waals surface area contributed by atoms with E-state index in [9.17, 15) is 0 Å². The zero-order chi connectivity index (χ0) is 6.69. The molecule has 10 heavy (non-hydrogen) atoms. The van der Waals surface area contributed by atoms with Gasteiger partial charge in [-0.15, -0.1) is 17.0 Å². The number of nitriles is 1. The molecular formula is C6H8BrN3. The van der Waals surface area contributed by atoms with E-state index in [2.05, 4.69) is 4.98 Å². The molecule has 0 N–H and O–H groups in total. The largest absolute Gasteiger partial charge is 0.337 e. The molecule has 0 aliphatic heterocycles. The maximum Gasteiger partial charge on any atom is 0.122 e. The maximum atomic E-state index is 8.26. The van der Waals surface area contributed by atoms with Crippen molar-refractivity contribution in [2.24, 2.45) is 7.05 Å². The second-order valence-electron chi connectivity index (χ2n) is 1.79. The van der Waals surface area contributed by atoms with Gasteiger partial charge >= 0.3 is 0 Å². The molecule has 4 heteroatoms. The normalized spacial score (nSPS) is 8.00. The average Bonchev–Trinajstić information content (AvgIpc) is 2.18. The zero-order valence-electron chi connectivity index (χ0n) is 5.61. The Balaban J connectivity index is 0.000000810. The van der Waals surface area contributed by atoms with Crippen molar-refractivity contribution in [3.05, 3.63) is 18.2 Å². The predicted molar refractivity (Wildman–Crippen MR) is 42.8 cm³/mol. The minimum atomic E-state index is 0. The van der Waals surface area contributed by atoms with Gasteiger partial charge < -0.3 is 4.57 Å². The van der Waals surface area contributed by atoms with Crippen molar-refractivity contribution in [2.45, 2.75) is 6.42 Å². The quantitative estimate of drug-likeness (QED) is 0.683. The Labute approximate surface area is 70.1 Å². The predicted octanol–water partition coefficient (Wildman–Crippen LogP) is 1.06. The summed E-state index contributed by atoms with van der Waals surface area (Å²) >= 11 is 0. The molecule has 0 amide bonds. The number of rotatable bonds is 1. The van der Waals surface area contributed by atoms with Crippen molar-refractivity contribution in [3.63, 3.8) is 0 Å². The molecule has 0 aromatic carbocycles. The Bertz CT molecular complexity index is 235. The zero-order valence-corrected chi connectivity index (χ0v) is 7.32. The molecular weight excluding hydrogens is 194 g/mol. The van der Waals surface area contributed by atoms with E-state index in [1.807, 2.05) is 23.9 Å². The lowest BCUT2D eigenvalue weighted by Gasteiger charge is -1.91. The monoisotopic (exact) mass is 201 g/mol. The Morgan fingerprint density at radius 2 is 2.50 bits per heavy atom. The highest BCUT2D eigenvalue weighted by molar-refractivity contribution is 8.93. The second-order valence-corrected chi connectivity index (χ2v) is 1.79. The Hall–Kier alpha value is -0.820. The summed E-state index contributed by atoms with van der Waals surface area (Å²) in [4.78, 5) is 3.95. The number of aromatic nitrogens is 2. The molecule has 0 spiro atoms. The van der Waals surface area contributed by atoms with E-state index in [0.29, 0.717) is 6.42 Å². The maximum absolute atomic E-state index is 8.26. The van der Waals surface area contributed by atoms with E-state index in [1.54, 1.807) is 6.20 Å². The summed E-state index contributed by atoms with van der Waals surface area (Å²) in [6.45, 7) is 0. The molecule has 0 radical (unpaired) electrons. The van der Waals surface area contributed by atoms with Crippen LogP contribution in [0.15, 0.2) is 12.4 Å². The first kappa shape index (κ1) is 9.18. The third kappa shape index (κ3) is 1.85. The highest BCUT2D eigenvalue weighted by Crippen LogP contribution is 1.92. The van der Waals surface area contributed by atoms with Crippen LogP contribution >= 0.6 is 17.0 Å². The molecule has 1 aromatic rings. The van der Waals surface area contributed by atoms with Crippen LogP contribution < -0.4 is 0 Å². The fraction of sp³-hybridized carbons (Fsp3) is 0.333. The number of hydrogen-bond acceptors (Lipinski definition) is 2. The van der Waals surface area contributed by atoms with Crippen LogP contribution in [0.3, 0.4) is 0 Å². The van der Waals surface area contributed by atoms with Crippen molar-refractivity contribution < 1.29 is 0 Å². The van der Waals surface area contributed by atoms with Gasteiger partial charge in [-0.3, -0.25) is 0 Å². The molecule has 54 valence electrons. The highest BCUT2D eigenvalue weighted by Gasteiger charge is 1.94. The molecule has 1 rings (SSSR count). The number of hydrogen-bond donors (Lipinski definition) is 0. The number of halogens is 1. The molecule has 0 saturated carbocycles. The molecule has 0 unspecified atom stereocenters. The van der Waals surface area contributed by atoms with Crippen LogP contribution in [0.5, 0.6) is 0 Å². The summed E-state index contributed by atoms with van der Waals surface area (Å²) in [5, 5.41) is 8.26. The Morgan fingerprint density at radius 3 is 2.90 bits per heavy atom. The van der Waals surface area contributed by atoms with Crippen molar-refractivity contribution in [1.29, 1.82) is 5.26 Å². The van der Waals surface area contributed by atoms with Crippen LogP contribution in [0, 0.1) is 11.3 Å². The minimum Gasteiger partial charge on any atom is -0.337 e. The molecule has 0 saturated heterocycles. The highest BCUT2D eigenvalue weighted by atomic mass is 79.9. The summed E-state index contributed by atoms with van der Waals surface area (Å²) in [5.74, 6) is 0.817. The molecule has 0 aliphatic carbocycles. The van der Waals surface area contributed by atoms with Gasteiger partial charge in [-0.2, -0.15) is 5.26 Å². The lowest BCUT2D eigenvalue weighted by molar-refractivity contribution is 0.833. The van der Waals surface area contributed by atoms with Crippen LogP contribution in [0.1, 0.15) is 5.82 Å². The van der Waals surface area contributed by atoms with E-state index < -0.39 is 0 Å². The van der Waals surface area contributed by atoms with Crippen LogP contribution in [0.4, 0.5) is 0 Å². The van der Waals surface area contributed by atoms with Crippen LogP contribution in [-0.2, 0) is 13.5 Å². The van der Waals surface area contributed by atoms with Crippen LogP contribution in [0.25, 0.3) is 0 Å². The topological polar surface area (TPSA) is 41.6 Å². The van der Waals surface area contributed by atoms with Gasteiger partial charge in [0.25, 0.3) is 0 Å². The number of nitrogens with zero attached hydrogens (tertiary/aromatic N) is 3. The molecule has 0 aliphatic rings. The molecule has 0 bridgehead atoms. The summed E-state index contributed by atoms with van der Waals surface area (Å²) in [7, 11) is 1.87. The van der Waals surface area contributed by atoms with Gasteiger partial charge in [0.05, 0.1) is 12.5 Å². The van der Waals surface area contributed by atoms with E-state index in [0.717, 1.165) is 5.82 Å². The van der Waals surface area contributed by atoms with Crippen LogP contribution in [0.2, 0.25) is 0 Å². The van der Waals surface area contributed by atoms with Crippen LogP contribution in [-0.4, -0.2) is 9.55 Å². The third-order valence-electron chi connectivity index (χ3n) is 1.16. The molecule has 1 heterocycles. The van der Waals surface area contributed by atoms with E-state index in [4.69, 9.17) is 5.26 Å². The SMILES string of the molecule is Br.Cn1ccnc1CC#N. The van der Waals surface area contributed by atoms with Gasteiger partial charge in [0.2, 0.25) is 0 Å². The Kier molecular flexibility index (Phi) is 3.74. The van der Waals surface area contributed by atoms with Gasteiger partial charge in [-0.1, -0.05) is 0 Å². The van der Waals surface area contributed by atoms with E-state index >= 15 is 0 Å².